The molecule has 2 aromatic rings. The van der Waals surface area contributed by atoms with Gasteiger partial charge in [0.1, 0.15) is 5.75 Å². The van der Waals surface area contributed by atoms with Gasteiger partial charge in [0.15, 0.2) is 0 Å². The highest BCUT2D eigenvalue weighted by atomic mass is 32.2. The number of ether oxygens (including phenoxy) is 1. The normalized spacial score (nSPS) is 19.2. The van der Waals surface area contributed by atoms with Gasteiger partial charge < -0.3 is 9.64 Å². The summed E-state index contributed by atoms with van der Waals surface area (Å²) in [7, 11) is -2.01. The molecule has 0 radical (unpaired) electrons. The second kappa shape index (κ2) is 8.24. The van der Waals surface area contributed by atoms with E-state index in [-0.39, 0.29) is 15.7 Å². The van der Waals surface area contributed by atoms with Gasteiger partial charge in [-0.15, -0.1) is 11.8 Å². The van der Waals surface area contributed by atoms with Gasteiger partial charge in [0.25, 0.3) is 5.91 Å². The van der Waals surface area contributed by atoms with Crippen LogP contribution in [0.4, 0.5) is 0 Å². The molecular formula is C22H26N2O4S2. The van der Waals surface area contributed by atoms with E-state index >= 15 is 0 Å². The summed E-state index contributed by atoms with van der Waals surface area (Å²) in [5.41, 5.74) is 1.70. The molecule has 1 spiro atoms. The highest BCUT2D eigenvalue weighted by Gasteiger charge is 2.48. The van der Waals surface area contributed by atoms with Gasteiger partial charge in [-0.05, 0) is 55.7 Å². The molecule has 0 unspecified atom stereocenters. The Morgan fingerprint density at radius 2 is 1.70 bits per heavy atom. The summed E-state index contributed by atoms with van der Waals surface area (Å²) in [6, 6.07) is 14.1. The standard InChI is InChI=1S/C22H26N2O4S2/c1-17-5-3-4-6-20(17)21(25)24-15-16-29-22(24)11-13-23(14-12-22)30(26,27)19-9-7-18(28-2)8-10-19/h3-10H,11-16H2,1-2H3. The van der Waals surface area contributed by atoms with Crippen molar-refractivity contribution in [1.82, 2.24) is 9.21 Å². The van der Waals surface area contributed by atoms with Crippen molar-refractivity contribution in [1.29, 1.82) is 0 Å². The fraction of sp³-hybridized carbons (Fsp3) is 0.409. The number of benzene rings is 2. The number of carbonyl (C=O) groups is 1. The summed E-state index contributed by atoms with van der Waals surface area (Å²) in [5.74, 6) is 1.55. The van der Waals surface area contributed by atoms with Crippen LogP contribution < -0.4 is 4.74 Å². The first-order chi connectivity index (χ1) is 14.4. The molecule has 2 saturated heterocycles. The predicted molar refractivity (Wildman–Crippen MR) is 118 cm³/mol. The first kappa shape index (κ1) is 21.2. The molecule has 2 aliphatic rings. The van der Waals surface area contributed by atoms with Gasteiger partial charge in [-0.3, -0.25) is 4.79 Å². The van der Waals surface area contributed by atoms with Crippen molar-refractivity contribution in [2.45, 2.75) is 29.5 Å². The van der Waals surface area contributed by atoms with Crippen LogP contribution in [0.15, 0.2) is 53.4 Å². The average molecular weight is 447 g/mol. The minimum Gasteiger partial charge on any atom is -0.497 e. The maximum Gasteiger partial charge on any atom is 0.255 e. The monoisotopic (exact) mass is 446 g/mol. The molecule has 0 saturated carbocycles. The van der Waals surface area contributed by atoms with E-state index in [0.717, 1.165) is 16.9 Å². The van der Waals surface area contributed by atoms with Gasteiger partial charge in [-0.25, -0.2) is 8.42 Å². The van der Waals surface area contributed by atoms with E-state index in [1.54, 1.807) is 43.1 Å². The van der Waals surface area contributed by atoms with Crippen LogP contribution in [0.25, 0.3) is 0 Å². The smallest absolute Gasteiger partial charge is 0.255 e. The average Bonchev–Trinajstić information content (AvgIpc) is 3.16. The van der Waals surface area contributed by atoms with Crippen LogP contribution >= 0.6 is 11.8 Å². The van der Waals surface area contributed by atoms with Crippen LogP contribution in [-0.4, -0.2) is 60.9 Å². The molecule has 1 amide bonds. The van der Waals surface area contributed by atoms with E-state index in [0.29, 0.717) is 38.2 Å². The first-order valence-corrected chi connectivity index (χ1v) is 12.5. The van der Waals surface area contributed by atoms with E-state index in [9.17, 15) is 13.2 Å². The topological polar surface area (TPSA) is 66.9 Å². The minimum absolute atomic E-state index is 0.0459. The Morgan fingerprint density at radius 1 is 1.03 bits per heavy atom. The zero-order chi connectivity index (χ0) is 21.4. The van der Waals surface area contributed by atoms with Crippen LogP contribution in [0.2, 0.25) is 0 Å². The van der Waals surface area contributed by atoms with E-state index < -0.39 is 10.0 Å². The molecule has 0 atom stereocenters. The quantitative estimate of drug-likeness (QED) is 0.720. The van der Waals surface area contributed by atoms with Crippen molar-refractivity contribution in [3.8, 4) is 5.75 Å². The fourth-order valence-electron chi connectivity index (χ4n) is 4.24. The summed E-state index contributed by atoms with van der Waals surface area (Å²) in [6.45, 7) is 3.45. The third kappa shape index (κ3) is 3.72. The first-order valence-electron chi connectivity index (χ1n) is 10.0. The number of amides is 1. The van der Waals surface area contributed by atoms with Crippen molar-refractivity contribution < 1.29 is 17.9 Å². The lowest BCUT2D eigenvalue weighted by Gasteiger charge is -2.43. The van der Waals surface area contributed by atoms with Crippen LogP contribution in [0.3, 0.4) is 0 Å². The van der Waals surface area contributed by atoms with Crippen molar-refractivity contribution in [3.63, 3.8) is 0 Å². The van der Waals surface area contributed by atoms with Crippen LogP contribution in [-0.2, 0) is 10.0 Å². The number of rotatable bonds is 4. The highest BCUT2D eigenvalue weighted by molar-refractivity contribution is 8.00. The Morgan fingerprint density at radius 3 is 2.33 bits per heavy atom. The minimum atomic E-state index is -3.56. The van der Waals surface area contributed by atoms with Gasteiger partial charge >= 0.3 is 0 Å². The van der Waals surface area contributed by atoms with E-state index in [1.807, 2.05) is 36.1 Å². The van der Waals surface area contributed by atoms with E-state index in [2.05, 4.69) is 0 Å². The molecule has 0 aliphatic carbocycles. The molecular weight excluding hydrogens is 420 g/mol. The number of aryl methyl sites for hydroxylation is 1. The Hall–Kier alpha value is -2.03. The lowest BCUT2D eigenvalue weighted by Crippen LogP contribution is -2.53. The lowest BCUT2D eigenvalue weighted by molar-refractivity contribution is 0.0604. The van der Waals surface area contributed by atoms with Crippen LogP contribution in [0.1, 0.15) is 28.8 Å². The molecule has 0 N–H and O–H groups in total. The molecule has 4 rings (SSSR count). The Kier molecular flexibility index (Phi) is 5.83. The zero-order valence-corrected chi connectivity index (χ0v) is 18.8. The largest absolute Gasteiger partial charge is 0.497 e. The molecule has 0 aromatic heterocycles. The number of piperidine rings is 1. The third-order valence-electron chi connectivity index (χ3n) is 6.00. The molecule has 0 bridgehead atoms. The van der Waals surface area contributed by atoms with E-state index in [4.69, 9.17) is 4.74 Å². The van der Waals surface area contributed by atoms with Crippen LogP contribution in [0, 0.1) is 6.92 Å². The summed E-state index contributed by atoms with van der Waals surface area (Å²) in [5, 5.41) is 0. The molecule has 2 heterocycles. The summed E-state index contributed by atoms with van der Waals surface area (Å²) >= 11 is 1.78. The van der Waals surface area contributed by atoms with Crippen molar-refractivity contribution in [2.24, 2.45) is 0 Å². The number of sulfonamides is 1. The maximum absolute atomic E-state index is 13.3. The molecule has 8 heteroatoms. The molecule has 30 heavy (non-hydrogen) atoms. The van der Waals surface area contributed by atoms with Crippen molar-refractivity contribution in [2.75, 3.05) is 32.5 Å². The summed E-state index contributed by atoms with van der Waals surface area (Å²) < 4.78 is 32.8. The Bertz CT molecular complexity index is 1030. The number of carbonyl (C=O) groups excluding carboxylic acids is 1. The predicted octanol–water partition coefficient (Wildman–Crippen LogP) is 3.37. The molecule has 2 aliphatic heterocycles. The number of methoxy groups -OCH3 is 1. The van der Waals surface area contributed by atoms with E-state index in [1.165, 1.54) is 4.31 Å². The van der Waals surface area contributed by atoms with Gasteiger partial charge in [0.05, 0.1) is 16.9 Å². The zero-order valence-electron chi connectivity index (χ0n) is 17.2. The third-order valence-corrected chi connectivity index (χ3v) is 9.46. The van der Waals surface area contributed by atoms with Gasteiger partial charge in [0, 0.05) is 31.0 Å². The second-order valence-electron chi connectivity index (χ2n) is 7.65. The number of nitrogens with zero attached hydrogens (tertiary/aromatic N) is 2. The summed E-state index contributed by atoms with van der Waals surface area (Å²) in [4.78, 5) is 15.2. The fourth-order valence-corrected chi connectivity index (χ4v) is 7.14. The lowest BCUT2D eigenvalue weighted by atomic mass is 10.0. The second-order valence-corrected chi connectivity index (χ2v) is 11.0. The van der Waals surface area contributed by atoms with Gasteiger partial charge in [0.2, 0.25) is 10.0 Å². The van der Waals surface area contributed by atoms with Crippen LogP contribution in [0.5, 0.6) is 5.75 Å². The molecule has 2 fully saturated rings. The molecule has 2 aromatic carbocycles. The highest BCUT2D eigenvalue weighted by Crippen LogP contribution is 2.45. The number of hydrogen-bond acceptors (Lipinski definition) is 5. The SMILES string of the molecule is COc1ccc(S(=O)(=O)N2CCC3(CC2)SCCN3C(=O)c2ccccc2C)cc1. The molecule has 160 valence electrons. The van der Waals surface area contributed by atoms with Gasteiger partial charge in [-0.2, -0.15) is 4.31 Å². The number of hydrogen-bond donors (Lipinski definition) is 0. The Balaban J connectivity index is 1.51. The summed E-state index contributed by atoms with van der Waals surface area (Å²) in [6.07, 6.45) is 1.26. The Labute approximate surface area is 182 Å². The molecule has 6 nitrogen and oxygen atoms in total. The van der Waals surface area contributed by atoms with Gasteiger partial charge in [-0.1, -0.05) is 18.2 Å². The number of thioether (sulfide) groups is 1. The maximum atomic E-state index is 13.3. The van der Waals surface area contributed by atoms with Crippen molar-refractivity contribution in [3.05, 3.63) is 59.7 Å². The van der Waals surface area contributed by atoms with Crippen molar-refractivity contribution >= 4 is 27.7 Å².